The molecule has 1 N–H and O–H groups in total. The van der Waals surface area contributed by atoms with Crippen LogP contribution in [0.15, 0.2) is 35.3 Å². The van der Waals surface area contributed by atoms with Gasteiger partial charge in [0, 0.05) is 18.7 Å². The van der Waals surface area contributed by atoms with Crippen LogP contribution < -0.4 is 0 Å². The van der Waals surface area contributed by atoms with Gasteiger partial charge in [-0.3, -0.25) is 4.79 Å². The molecule has 0 unspecified atom stereocenters. The van der Waals surface area contributed by atoms with E-state index in [1.165, 1.54) is 23.4 Å². The highest BCUT2D eigenvalue weighted by Gasteiger charge is 2.43. The number of halogens is 4. The smallest absolute Gasteiger partial charge is 0.363 e. The molecule has 3 aromatic heterocycles. The van der Waals surface area contributed by atoms with Gasteiger partial charge in [0.2, 0.25) is 0 Å². The zero-order valence-corrected chi connectivity index (χ0v) is 15.7. The predicted octanol–water partition coefficient (Wildman–Crippen LogP) is 3.95. The lowest BCUT2D eigenvalue weighted by Gasteiger charge is -2.33. The number of carbonyl (C=O) groups excluding carboxylic acids is 1. The Morgan fingerprint density at radius 1 is 1.33 bits per heavy atom. The van der Waals surface area contributed by atoms with Crippen LogP contribution in [0.1, 0.15) is 38.5 Å². The number of benzene rings is 1. The van der Waals surface area contributed by atoms with E-state index in [2.05, 4.69) is 24.6 Å². The minimum Gasteiger partial charge on any atom is -0.363 e. The van der Waals surface area contributed by atoms with Crippen LogP contribution in [-0.4, -0.2) is 37.5 Å². The Hall–Kier alpha value is -3.28. The highest BCUT2D eigenvalue weighted by atomic mass is 32.1. The second kappa shape index (κ2) is 6.62. The molecule has 1 atom stereocenters. The third-order valence-corrected chi connectivity index (χ3v) is 5.95. The predicted molar refractivity (Wildman–Crippen MR) is 96.3 cm³/mol. The number of imidazole rings is 1. The molecule has 12 heteroatoms. The highest BCUT2D eigenvalue weighted by molar-refractivity contribution is 7.18. The minimum absolute atomic E-state index is 0.111. The molecule has 0 aliphatic carbocycles. The topological polar surface area (TPSA) is 87.9 Å². The fourth-order valence-corrected chi connectivity index (χ4v) is 4.64. The van der Waals surface area contributed by atoms with E-state index in [-0.39, 0.29) is 12.1 Å². The van der Waals surface area contributed by atoms with Crippen molar-refractivity contribution in [3.8, 4) is 0 Å². The lowest BCUT2D eigenvalue weighted by Crippen LogP contribution is -2.41. The minimum atomic E-state index is -4.85. The van der Waals surface area contributed by atoms with Crippen molar-refractivity contribution < 1.29 is 26.9 Å². The molecule has 0 radical (unpaired) electrons. The third kappa shape index (κ3) is 2.86. The van der Waals surface area contributed by atoms with Gasteiger partial charge in [-0.2, -0.15) is 13.2 Å². The fourth-order valence-electron chi connectivity index (χ4n) is 3.54. The molecule has 30 heavy (non-hydrogen) atoms. The molecule has 4 aromatic rings. The molecule has 0 fully saturated rings. The van der Waals surface area contributed by atoms with E-state index in [1.807, 2.05) is 0 Å². The van der Waals surface area contributed by atoms with Gasteiger partial charge in [-0.1, -0.05) is 11.2 Å². The summed E-state index contributed by atoms with van der Waals surface area (Å²) in [6.07, 6.45) is -2.36. The molecule has 1 aromatic carbocycles. The monoisotopic (exact) mass is 437 g/mol. The first-order chi connectivity index (χ1) is 14.3. The summed E-state index contributed by atoms with van der Waals surface area (Å²) in [5.41, 5.74) is -0.758. The van der Waals surface area contributed by atoms with Crippen molar-refractivity contribution in [2.24, 2.45) is 0 Å². The number of amides is 1. The van der Waals surface area contributed by atoms with Crippen molar-refractivity contribution in [2.45, 2.75) is 18.6 Å². The first-order valence-corrected chi connectivity index (χ1v) is 9.56. The summed E-state index contributed by atoms with van der Waals surface area (Å²) in [5, 5.41) is 3.30. The SMILES string of the molecule is O=C(c1conc1C(F)(F)F)N1CCc2[nH]cnc2[C@H]1c1nc2c(F)cccc2s1. The second-order valence-electron chi connectivity index (χ2n) is 6.63. The van der Waals surface area contributed by atoms with Gasteiger partial charge >= 0.3 is 6.18 Å². The number of aromatic amines is 1. The summed E-state index contributed by atoms with van der Waals surface area (Å²) in [5.74, 6) is -1.44. The number of H-pyrrole nitrogens is 1. The van der Waals surface area contributed by atoms with Gasteiger partial charge in [-0.05, 0) is 12.1 Å². The number of carbonyl (C=O) groups is 1. The molecule has 1 amide bonds. The maximum Gasteiger partial charge on any atom is 0.437 e. The maximum absolute atomic E-state index is 14.2. The zero-order chi connectivity index (χ0) is 21.0. The molecular weight excluding hydrogens is 426 g/mol. The number of hydrogen-bond donors (Lipinski definition) is 1. The van der Waals surface area contributed by atoms with Crippen LogP contribution in [0.3, 0.4) is 0 Å². The van der Waals surface area contributed by atoms with Gasteiger partial charge in [0.05, 0.1) is 16.7 Å². The first kappa shape index (κ1) is 18.7. The van der Waals surface area contributed by atoms with Gasteiger partial charge in [0.25, 0.3) is 5.91 Å². The molecule has 4 heterocycles. The largest absolute Gasteiger partial charge is 0.437 e. The number of para-hydroxylation sites is 1. The standard InChI is InChI=1S/C18H11F4N5O2S/c19-9-2-1-3-11-12(9)25-16(30-11)14-13-10(23-7-24-13)4-5-27(14)17(28)8-6-29-26-15(8)18(20,21)22/h1-3,6-7,14H,4-5H2,(H,23,24)/t14-/m0/s1. The zero-order valence-electron chi connectivity index (χ0n) is 14.9. The fraction of sp³-hybridized carbons (Fsp3) is 0.222. The summed E-state index contributed by atoms with van der Waals surface area (Å²) < 4.78 is 58.9. The average Bonchev–Trinajstić information content (AvgIpc) is 3.44. The van der Waals surface area contributed by atoms with Gasteiger partial charge in [-0.15, -0.1) is 11.3 Å². The van der Waals surface area contributed by atoms with Gasteiger partial charge in [-0.25, -0.2) is 14.4 Å². The van der Waals surface area contributed by atoms with Crippen molar-refractivity contribution in [2.75, 3.05) is 6.54 Å². The van der Waals surface area contributed by atoms with E-state index in [0.717, 1.165) is 17.0 Å². The van der Waals surface area contributed by atoms with Crippen LogP contribution in [0.25, 0.3) is 10.2 Å². The Balaban J connectivity index is 1.63. The Labute approximate surface area is 169 Å². The number of aromatic nitrogens is 4. The van der Waals surface area contributed by atoms with E-state index in [0.29, 0.717) is 28.1 Å². The van der Waals surface area contributed by atoms with E-state index in [9.17, 15) is 22.4 Å². The molecule has 5 rings (SSSR count). The van der Waals surface area contributed by atoms with Crippen molar-refractivity contribution in [1.29, 1.82) is 0 Å². The number of nitrogens with one attached hydrogen (secondary N) is 1. The molecule has 1 aliphatic rings. The molecule has 7 nitrogen and oxygen atoms in total. The van der Waals surface area contributed by atoms with E-state index >= 15 is 0 Å². The van der Waals surface area contributed by atoms with Crippen LogP contribution >= 0.6 is 11.3 Å². The number of thiazole rings is 1. The molecule has 0 bridgehead atoms. The van der Waals surface area contributed by atoms with Crippen LogP contribution in [0, 0.1) is 5.82 Å². The Bertz CT molecular complexity index is 1260. The Morgan fingerprint density at radius 2 is 2.17 bits per heavy atom. The summed E-state index contributed by atoms with van der Waals surface area (Å²) in [4.78, 5) is 25.9. The number of nitrogens with zero attached hydrogens (tertiary/aromatic N) is 4. The Morgan fingerprint density at radius 3 is 2.93 bits per heavy atom. The molecule has 0 spiro atoms. The molecule has 0 saturated carbocycles. The van der Waals surface area contributed by atoms with E-state index in [4.69, 9.17) is 0 Å². The number of rotatable bonds is 2. The number of fused-ring (bicyclic) bond motifs is 2. The summed E-state index contributed by atoms with van der Waals surface area (Å²) >= 11 is 1.15. The molecule has 1 aliphatic heterocycles. The summed E-state index contributed by atoms with van der Waals surface area (Å²) in [6, 6.07) is 3.61. The van der Waals surface area contributed by atoms with Gasteiger partial charge in [0.1, 0.15) is 34.2 Å². The molecule has 0 saturated heterocycles. The second-order valence-corrected chi connectivity index (χ2v) is 7.69. The van der Waals surface area contributed by atoms with E-state index in [1.54, 1.807) is 6.07 Å². The van der Waals surface area contributed by atoms with E-state index < -0.39 is 35.2 Å². The first-order valence-electron chi connectivity index (χ1n) is 8.74. The van der Waals surface area contributed by atoms with Crippen LogP contribution in [-0.2, 0) is 12.6 Å². The van der Waals surface area contributed by atoms with Crippen LogP contribution in [0.2, 0.25) is 0 Å². The lowest BCUT2D eigenvalue weighted by atomic mass is 10.0. The maximum atomic E-state index is 14.2. The van der Waals surface area contributed by atoms with Crippen molar-refractivity contribution in [3.05, 3.63) is 64.3 Å². The average molecular weight is 437 g/mol. The molecular formula is C18H11F4N5O2S. The van der Waals surface area contributed by atoms with Crippen molar-refractivity contribution >= 4 is 27.5 Å². The lowest BCUT2D eigenvalue weighted by molar-refractivity contribution is -0.143. The third-order valence-electron chi connectivity index (χ3n) is 4.87. The van der Waals surface area contributed by atoms with Crippen molar-refractivity contribution in [3.63, 3.8) is 0 Å². The van der Waals surface area contributed by atoms with Crippen LogP contribution in [0.4, 0.5) is 17.6 Å². The van der Waals surface area contributed by atoms with Gasteiger partial charge < -0.3 is 14.4 Å². The highest BCUT2D eigenvalue weighted by Crippen LogP contribution is 2.40. The van der Waals surface area contributed by atoms with Gasteiger partial charge in [0.15, 0.2) is 5.69 Å². The number of hydrogen-bond acceptors (Lipinski definition) is 6. The number of alkyl halides is 3. The quantitative estimate of drug-likeness (QED) is 0.480. The Kier molecular flexibility index (Phi) is 4.13. The summed E-state index contributed by atoms with van der Waals surface area (Å²) in [6.45, 7) is 0.111. The summed E-state index contributed by atoms with van der Waals surface area (Å²) in [7, 11) is 0. The normalized spacial score (nSPS) is 16.8. The van der Waals surface area contributed by atoms with Crippen molar-refractivity contribution in [1.82, 2.24) is 25.0 Å². The van der Waals surface area contributed by atoms with Crippen LogP contribution in [0.5, 0.6) is 0 Å². The molecule has 154 valence electrons.